The number of primary amides is 1. The molecule has 0 spiro atoms. The maximum atomic E-state index is 11.4. The van der Waals surface area contributed by atoms with E-state index in [9.17, 15) is 4.79 Å². The van der Waals surface area contributed by atoms with Crippen LogP contribution in [-0.2, 0) is 11.3 Å². The van der Waals surface area contributed by atoms with Crippen molar-refractivity contribution >= 4 is 11.9 Å². The molecule has 1 amide bonds. The smallest absolute Gasteiger partial charge is 0.318 e. The lowest BCUT2D eigenvalue weighted by Crippen LogP contribution is -2.46. The van der Waals surface area contributed by atoms with E-state index in [4.69, 9.17) is 10.2 Å². The van der Waals surface area contributed by atoms with Crippen molar-refractivity contribution in [2.45, 2.75) is 46.2 Å². The zero-order chi connectivity index (χ0) is 15.4. The van der Waals surface area contributed by atoms with Gasteiger partial charge in [0.15, 0.2) is 0 Å². The molecule has 0 radical (unpaired) electrons. The summed E-state index contributed by atoms with van der Waals surface area (Å²) >= 11 is 0. The molecule has 1 saturated heterocycles. The van der Waals surface area contributed by atoms with Crippen LogP contribution in [0.5, 0.6) is 0 Å². The molecule has 2 heterocycles. The number of amides is 1. The van der Waals surface area contributed by atoms with E-state index in [2.05, 4.69) is 36.3 Å². The average molecular weight is 295 g/mol. The molecule has 21 heavy (non-hydrogen) atoms. The van der Waals surface area contributed by atoms with Crippen LogP contribution in [0.15, 0.2) is 4.42 Å². The van der Waals surface area contributed by atoms with Crippen LogP contribution in [0.25, 0.3) is 0 Å². The van der Waals surface area contributed by atoms with Crippen molar-refractivity contribution in [2.24, 2.45) is 17.6 Å². The molecule has 118 valence electrons. The van der Waals surface area contributed by atoms with Gasteiger partial charge in [0.1, 0.15) is 0 Å². The maximum absolute atomic E-state index is 11.4. The molecular formula is C14H25N5O2. The van der Waals surface area contributed by atoms with Gasteiger partial charge in [0, 0.05) is 12.6 Å². The summed E-state index contributed by atoms with van der Waals surface area (Å²) in [5.41, 5.74) is 5.41. The zero-order valence-electron chi connectivity index (χ0n) is 13.0. The summed E-state index contributed by atoms with van der Waals surface area (Å²) in [6.07, 6.45) is 1.72. The average Bonchev–Trinajstić information content (AvgIpc) is 2.87. The van der Waals surface area contributed by atoms with Crippen molar-refractivity contribution in [2.75, 3.05) is 18.0 Å². The number of piperidine rings is 1. The van der Waals surface area contributed by atoms with Crippen molar-refractivity contribution in [3.8, 4) is 0 Å². The lowest BCUT2D eigenvalue weighted by Gasteiger charge is -2.35. The molecule has 0 bridgehead atoms. The molecule has 1 aromatic heterocycles. The number of hydrogen-bond acceptors (Lipinski definition) is 6. The number of carbonyl (C=O) groups is 1. The summed E-state index contributed by atoms with van der Waals surface area (Å²) in [5.74, 6) is 0.741. The molecule has 7 heteroatoms. The summed E-state index contributed by atoms with van der Waals surface area (Å²) < 4.78 is 5.69. The van der Waals surface area contributed by atoms with E-state index in [0.717, 1.165) is 19.4 Å². The van der Waals surface area contributed by atoms with E-state index >= 15 is 0 Å². The fourth-order valence-electron chi connectivity index (χ4n) is 2.51. The van der Waals surface area contributed by atoms with Crippen molar-refractivity contribution < 1.29 is 9.21 Å². The Hall–Kier alpha value is -1.63. The minimum Gasteiger partial charge on any atom is -0.407 e. The first-order valence-electron chi connectivity index (χ1n) is 7.56. The molecule has 2 unspecified atom stereocenters. The number of hydrogen-bond donors (Lipinski definition) is 2. The second-order valence-electron chi connectivity index (χ2n) is 6.18. The monoisotopic (exact) mass is 295 g/mol. The van der Waals surface area contributed by atoms with Crippen LogP contribution in [0.1, 0.15) is 39.5 Å². The Morgan fingerprint density at radius 2 is 2.24 bits per heavy atom. The van der Waals surface area contributed by atoms with Crippen LogP contribution >= 0.6 is 0 Å². The van der Waals surface area contributed by atoms with Gasteiger partial charge in [-0.2, -0.15) is 0 Å². The van der Waals surface area contributed by atoms with Gasteiger partial charge >= 0.3 is 6.01 Å². The first-order valence-corrected chi connectivity index (χ1v) is 7.56. The zero-order valence-corrected chi connectivity index (χ0v) is 13.0. The van der Waals surface area contributed by atoms with E-state index in [1.165, 1.54) is 0 Å². The first kappa shape index (κ1) is 15.8. The third-order valence-electron chi connectivity index (χ3n) is 3.82. The van der Waals surface area contributed by atoms with Gasteiger partial charge in [0.05, 0.1) is 12.5 Å². The Bertz CT molecular complexity index is 474. The number of nitrogens with one attached hydrogen (secondary N) is 1. The molecule has 0 aromatic carbocycles. The standard InChI is InChI=1S/C14H25N5O2/c1-9(2)6-16-7-12-17-18-14(21-12)19-8-11(13(15)20)5-4-10(19)3/h9-11,16H,4-8H2,1-3H3,(H2,15,20). The van der Waals surface area contributed by atoms with E-state index in [-0.39, 0.29) is 17.9 Å². The lowest BCUT2D eigenvalue weighted by molar-refractivity contribution is -0.122. The maximum Gasteiger partial charge on any atom is 0.318 e. The molecule has 1 aliphatic rings. The number of anilines is 1. The van der Waals surface area contributed by atoms with Crippen LogP contribution < -0.4 is 16.0 Å². The highest BCUT2D eigenvalue weighted by atomic mass is 16.4. The second kappa shape index (κ2) is 6.89. The van der Waals surface area contributed by atoms with Gasteiger partial charge in [0.2, 0.25) is 11.8 Å². The number of carbonyl (C=O) groups excluding carboxylic acids is 1. The second-order valence-corrected chi connectivity index (χ2v) is 6.18. The predicted molar refractivity (Wildman–Crippen MR) is 79.6 cm³/mol. The molecule has 2 atom stereocenters. The predicted octanol–water partition coefficient (Wildman–Crippen LogP) is 0.905. The summed E-state index contributed by atoms with van der Waals surface area (Å²) in [7, 11) is 0. The van der Waals surface area contributed by atoms with E-state index in [0.29, 0.717) is 30.9 Å². The van der Waals surface area contributed by atoms with E-state index in [1.807, 2.05) is 4.90 Å². The molecular weight excluding hydrogens is 270 g/mol. The van der Waals surface area contributed by atoms with Gasteiger partial charge in [-0.3, -0.25) is 4.79 Å². The Morgan fingerprint density at radius 3 is 2.90 bits per heavy atom. The topological polar surface area (TPSA) is 97.3 Å². The minimum absolute atomic E-state index is 0.143. The Balaban J connectivity index is 1.97. The molecule has 3 N–H and O–H groups in total. The Kier molecular flexibility index (Phi) is 5.17. The van der Waals surface area contributed by atoms with E-state index < -0.39 is 0 Å². The van der Waals surface area contributed by atoms with E-state index in [1.54, 1.807) is 0 Å². The molecule has 2 rings (SSSR count). The molecule has 0 saturated carbocycles. The van der Waals surface area contributed by atoms with Crippen LogP contribution in [0, 0.1) is 11.8 Å². The third kappa shape index (κ3) is 4.17. The number of rotatable bonds is 6. The number of nitrogens with two attached hydrogens (primary N) is 1. The summed E-state index contributed by atoms with van der Waals surface area (Å²) in [4.78, 5) is 13.4. The fourth-order valence-corrected chi connectivity index (χ4v) is 2.51. The van der Waals surface area contributed by atoms with Crippen molar-refractivity contribution in [1.82, 2.24) is 15.5 Å². The minimum atomic E-state index is -0.259. The first-order chi connectivity index (χ1) is 9.97. The summed E-state index contributed by atoms with van der Waals surface area (Å²) in [6.45, 7) is 8.40. The van der Waals surface area contributed by atoms with Crippen LogP contribution in [0.4, 0.5) is 6.01 Å². The summed E-state index contributed by atoms with van der Waals surface area (Å²) in [5, 5.41) is 11.4. The normalized spacial score (nSPS) is 22.8. The van der Waals surface area contributed by atoms with Gasteiger partial charge in [0.25, 0.3) is 0 Å². The molecule has 0 aliphatic carbocycles. The Labute approximate surface area is 125 Å². The highest BCUT2D eigenvalue weighted by molar-refractivity contribution is 5.77. The SMILES string of the molecule is CC(C)CNCc1nnc(N2CC(C(N)=O)CCC2C)o1. The quantitative estimate of drug-likeness (QED) is 0.809. The van der Waals surface area contributed by atoms with Crippen molar-refractivity contribution in [3.63, 3.8) is 0 Å². The molecule has 1 fully saturated rings. The van der Waals surface area contributed by atoms with Gasteiger partial charge < -0.3 is 20.4 Å². The Morgan fingerprint density at radius 1 is 1.48 bits per heavy atom. The van der Waals surface area contributed by atoms with Crippen molar-refractivity contribution in [1.29, 1.82) is 0 Å². The summed E-state index contributed by atoms with van der Waals surface area (Å²) in [6, 6.07) is 0.757. The highest BCUT2D eigenvalue weighted by Gasteiger charge is 2.31. The van der Waals surface area contributed by atoms with Crippen molar-refractivity contribution in [3.05, 3.63) is 5.89 Å². The number of aromatic nitrogens is 2. The van der Waals surface area contributed by atoms with Gasteiger partial charge in [-0.05, 0) is 32.2 Å². The molecule has 1 aliphatic heterocycles. The van der Waals surface area contributed by atoms with Gasteiger partial charge in [-0.25, -0.2) is 0 Å². The molecule has 7 nitrogen and oxygen atoms in total. The largest absolute Gasteiger partial charge is 0.407 e. The third-order valence-corrected chi connectivity index (χ3v) is 3.82. The molecule has 1 aromatic rings. The number of nitrogens with zero attached hydrogens (tertiary/aromatic N) is 3. The van der Waals surface area contributed by atoms with Gasteiger partial charge in [-0.1, -0.05) is 18.9 Å². The highest BCUT2D eigenvalue weighted by Crippen LogP contribution is 2.26. The van der Waals surface area contributed by atoms with Gasteiger partial charge in [-0.15, -0.1) is 5.10 Å². The lowest BCUT2D eigenvalue weighted by atomic mass is 9.93. The van der Waals surface area contributed by atoms with Crippen LogP contribution in [0.2, 0.25) is 0 Å². The fraction of sp³-hybridized carbons (Fsp3) is 0.786. The van der Waals surface area contributed by atoms with Crippen LogP contribution in [0.3, 0.4) is 0 Å². The van der Waals surface area contributed by atoms with Crippen LogP contribution in [-0.4, -0.2) is 35.2 Å².